The van der Waals surface area contributed by atoms with Crippen LogP contribution in [0.15, 0.2) is 53.3 Å². The highest BCUT2D eigenvalue weighted by Gasteiger charge is 2.16. The number of benzene rings is 1. The second-order valence-electron chi connectivity index (χ2n) is 4.17. The first-order valence-electron chi connectivity index (χ1n) is 5.51. The van der Waals surface area contributed by atoms with Gasteiger partial charge in [0.1, 0.15) is 0 Å². The average Bonchev–Trinajstić information content (AvgIpc) is 2.82. The van der Waals surface area contributed by atoms with Crippen LogP contribution in [-0.4, -0.2) is 5.11 Å². The molecule has 2 heteroatoms. The van der Waals surface area contributed by atoms with Gasteiger partial charge in [-0.3, -0.25) is 0 Å². The van der Waals surface area contributed by atoms with Crippen LogP contribution >= 0.6 is 0 Å². The molecule has 0 bridgehead atoms. The molecule has 0 amide bonds. The third-order valence-electron chi connectivity index (χ3n) is 2.82. The van der Waals surface area contributed by atoms with E-state index in [0.29, 0.717) is 0 Å². The van der Waals surface area contributed by atoms with Gasteiger partial charge < -0.3 is 9.52 Å². The van der Waals surface area contributed by atoms with Gasteiger partial charge in [0.2, 0.25) is 0 Å². The Labute approximate surface area is 95.5 Å². The monoisotopic (exact) mass is 216 g/mol. The second kappa shape index (κ2) is 4.99. The van der Waals surface area contributed by atoms with Gasteiger partial charge in [0.25, 0.3) is 0 Å². The number of rotatable bonds is 4. The molecular weight excluding hydrogens is 200 g/mol. The summed E-state index contributed by atoms with van der Waals surface area (Å²) in [4.78, 5) is 0. The number of aliphatic hydroxyl groups is 1. The molecule has 0 aliphatic heterocycles. The van der Waals surface area contributed by atoms with Crippen molar-refractivity contribution >= 4 is 0 Å². The van der Waals surface area contributed by atoms with Crippen molar-refractivity contribution in [1.29, 1.82) is 0 Å². The smallest absolute Gasteiger partial charge is 0.0934 e. The summed E-state index contributed by atoms with van der Waals surface area (Å²) in [6.07, 6.45) is 3.80. The molecule has 1 N–H and O–H groups in total. The Kier molecular flexibility index (Phi) is 3.42. The number of hydrogen-bond acceptors (Lipinski definition) is 2. The fourth-order valence-electron chi connectivity index (χ4n) is 1.87. The van der Waals surface area contributed by atoms with Crippen LogP contribution in [-0.2, 0) is 6.42 Å². The molecule has 2 atom stereocenters. The molecule has 0 spiro atoms. The lowest BCUT2D eigenvalue weighted by Gasteiger charge is -2.18. The van der Waals surface area contributed by atoms with Gasteiger partial charge in [0.15, 0.2) is 0 Å². The van der Waals surface area contributed by atoms with E-state index in [1.54, 1.807) is 12.5 Å². The van der Waals surface area contributed by atoms with Gasteiger partial charge in [-0.1, -0.05) is 37.3 Å². The predicted octanol–water partition coefficient (Wildman–Crippen LogP) is 3.19. The lowest BCUT2D eigenvalue weighted by atomic mass is 9.92. The minimum atomic E-state index is -0.420. The SMILES string of the molecule is CC(Cc1ccoc1)C(O)c1ccccc1. The van der Waals surface area contributed by atoms with Crippen molar-refractivity contribution in [2.75, 3.05) is 0 Å². The van der Waals surface area contributed by atoms with E-state index in [2.05, 4.69) is 0 Å². The van der Waals surface area contributed by atoms with Gasteiger partial charge >= 0.3 is 0 Å². The third kappa shape index (κ3) is 2.52. The van der Waals surface area contributed by atoms with Crippen LogP contribution in [0.25, 0.3) is 0 Å². The van der Waals surface area contributed by atoms with E-state index in [1.807, 2.05) is 43.3 Å². The zero-order chi connectivity index (χ0) is 11.4. The molecule has 0 aliphatic rings. The number of furan rings is 1. The molecular formula is C14H16O2. The molecule has 2 unspecified atom stereocenters. The molecule has 0 saturated carbocycles. The van der Waals surface area contributed by atoms with Crippen molar-refractivity contribution < 1.29 is 9.52 Å². The van der Waals surface area contributed by atoms with Crippen molar-refractivity contribution in [3.63, 3.8) is 0 Å². The van der Waals surface area contributed by atoms with Gasteiger partial charge in [-0.05, 0) is 29.5 Å². The van der Waals surface area contributed by atoms with E-state index >= 15 is 0 Å². The van der Waals surface area contributed by atoms with Crippen LogP contribution in [0, 0.1) is 5.92 Å². The minimum Gasteiger partial charge on any atom is -0.472 e. The van der Waals surface area contributed by atoms with Crippen molar-refractivity contribution in [3.05, 3.63) is 60.1 Å². The fraction of sp³-hybridized carbons (Fsp3) is 0.286. The summed E-state index contributed by atoms with van der Waals surface area (Å²) in [7, 11) is 0. The summed E-state index contributed by atoms with van der Waals surface area (Å²) in [6, 6.07) is 11.7. The van der Waals surface area contributed by atoms with E-state index in [4.69, 9.17) is 4.42 Å². The Morgan fingerprint density at radius 3 is 2.56 bits per heavy atom. The van der Waals surface area contributed by atoms with Gasteiger partial charge in [0, 0.05) is 0 Å². The van der Waals surface area contributed by atoms with Crippen molar-refractivity contribution in [2.24, 2.45) is 5.92 Å². The van der Waals surface area contributed by atoms with Crippen molar-refractivity contribution in [1.82, 2.24) is 0 Å². The summed E-state index contributed by atoms with van der Waals surface area (Å²) in [6.45, 7) is 2.05. The first-order chi connectivity index (χ1) is 7.77. The zero-order valence-electron chi connectivity index (χ0n) is 9.34. The zero-order valence-corrected chi connectivity index (χ0v) is 9.34. The summed E-state index contributed by atoms with van der Waals surface area (Å²) < 4.78 is 5.02. The lowest BCUT2D eigenvalue weighted by Crippen LogP contribution is -2.11. The fourth-order valence-corrected chi connectivity index (χ4v) is 1.87. The normalized spacial score (nSPS) is 14.6. The summed E-state index contributed by atoms with van der Waals surface area (Å²) >= 11 is 0. The van der Waals surface area contributed by atoms with Gasteiger partial charge in [-0.2, -0.15) is 0 Å². The molecule has 84 valence electrons. The molecule has 1 heterocycles. The van der Waals surface area contributed by atoms with Crippen LogP contribution < -0.4 is 0 Å². The quantitative estimate of drug-likeness (QED) is 0.851. The summed E-state index contributed by atoms with van der Waals surface area (Å²) in [5.74, 6) is 0.181. The highest BCUT2D eigenvalue weighted by molar-refractivity contribution is 5.18. The summed E-state index contributed by atoms with van der Waals surface area (Å²) in [5, 5.41) is 10.2. The Hall–Kier alpha value is -1.54. The van der Waals surface area contributed by atoms with Gasteiger partial charge in [-0.15, -0.1) is 0 Å². The van der Waals surface area contributed by atoms with Crippen LogP contribution in [0.5, 0.6) is 0 Å². The molecule has 2 nitrogen and oxygen atoms in total. The topological polar surface area (TPSA) is 33.4 Å². The minimum absolute atomic E-state index is 0.181. The largest absolute Gasteiger partial charge is 0.472 e. The lowest BCUT2D eigenvalue weighted by molar-refractivity contribution is 0.117. The second-order valence-corrected chi connectivity index (χ2v) is 4.17. The maximum atomic E-state index is 10.2. The van der Waals surface area contributed by atoms with E-state index in [0.717, 1.165) is 17.5 Å². The van der Waals surface area contributed by atoms with Crippen molar-refractivity contribution in [2.45, 2.75) is 19.4 Å². The first kappa shape index (κ1) is 11.0. The van der Waals surface area contributed by atoms with Gasteiger partial charge in [0.05, 0.1) is 18.6 Å². The molecule has 2 aromatic rings. The number of aliphatic hydroxyl groups excluding tert-OH is 1. The Bertz CT molecular complexity index is 406. The van der Waals surface area contributed by atoms with Crippen LogP contribution in [0.1, 0.15) is 24.2 Å². The van der Waals surface area contributed by atoms with E-state index in [-0.39, 0.29) is 5.92 Å². The maximum absolute atomic E-state index is 10.2. The summed E-state index contributed by atoms with van der Waals surface area (Å²) in [5.41, 5.74) is 2.10. The Balaban J connectivity index is 2.02. The van der Waals surface area contributed by atoms with Gasteiger partial charge in [-0.25, -0.2) is 0 Å². The highest BCUT2D eigenvalue weighted by atomic mass is 16.3. The molecule has 0 fully saturated rings. The predicted molar refractivity (Wildman–Crippen MR) is 63.0 cm³/mol. The van der Waals surface area contributed by atoms with Crippen LogP contribution in [0.3, 0.4) is 0 Å². The van der Waals surface area contributed by atoms with E-state index < -0.39 is 6.10 Å². The Morgan fingerprint density at radius 2 is 1.94 bits per heavy atom. The number of hydrogen-bond donors (Lipinski definition) is 1. The van der Waals surface area contributed by atoms with Crippen LogP contribution in [0.4, 0.5) is 0 Å². The van der Waals surface area contributed by atoms with Crippen molar-refractivity contribution in [3.8, 4) is 0 Å². The molecule has 0 saturated heterocycles. The molecule has 16 heavy (non-hydrogen) atoms. The molecule has 0 radical (unpaired) electrons. The molecule has 2 rings (SSSR count). The maximum Gasteiger partial charge on any atom is 0.0934 e. The Morgan fingerprint density at radius 1 is 1.19 bits per heavy atom. The van der Waals surface area contributed by atoms with Crippen LogP contribution in [0.2, 0.25) is 0 Å². The molecule has 1 aromatic carbocycles. The van der Waals surface area contributed by atoms with E-state index in [9.17, 15) is 5.11 Å². The first-order valence-corrected chi connectivity index (χ1v) is 5.51. The average molecular weight is 216 g/mol. The van der Waals surface area contributed by atoms with E-state index in [1.165, 1.54) is 0 Å². The standard InChI is InChI=1S/C14H16O2/c1-11(9-12-7-8-16-10-12)14(15)13-5-3-2-4-6-13/h2-8,10-11,14-15H,9H2,1H3. The third-order valence-corrected chi connectivity index (χ3v) is 2.82. The molecule has 1 aromatic heterocycles. The highest BCUT2D eigenvalue weighted by Crippen LogP contribution is 2.24. The molecule has 0 aliphatic carbocycles.